The van der Waals surface area contributed by atoms with Crippen molar-refractivity contribution in [2.24, 2.45) is 5.73 Å². The van der Waals surface area contributed by atoms with Gasteiger partial charge in [0.15, 0.2) is 0 Å². The molecule has 15 heavy (non-hydrogen) atoms. The first-order chi connectivity index (χ1) is 6.77. The van der Waals surface area contributed by atoms with E-state index in [1.807, 2.05) is 0 Å². The number of likely N-dealkylation sites (N-methyl/N-ethyl adjacent to an activating group) is 1. The molecule has 0 spiro atoms. The van der Waals surface area contributed by atoms with Gasteiger partial charge in [0.25, 0.3) is 0 Å². The van der Waals surface area contributed by atoms with Gasteiger partial charge in [-0.2, -0.15) is 0 Å². The molecule has 0 aliphatic heterocycles. The van der Waals surface area contributed by atoms with Gasteiger partial charge in [0.2, 0.25) is 5.91 Å². The van der Waals surface area contributed by atoms with Crippen molar-refractivity contribution in [3.63, 3.8) is 0 Å². The van der Waals surface area contributed by atoms with E-state index in [0.717, 1.165) is 4.90 Å². The lowest BCUT2D eigenvalue weighted by molar-refractivity contribution is -0.149. The SMILES string of the molecule is CC(C(=O)O)N(C)C(=O)C(N)CC(=O)O. The topological polar surface area (TPSA) is 121 Å². The Morgan fingerprint density at radius 2 is 1.80 bits per heavy atom. The Morgan fingerprint density at radius 1 is 1.33 bits per heavy atom. The van der Waals surface area contributed by atoms with Gasteiger partial charge in [0, 0.05) is 7.05 Å². The summed E-state index contributed by atoms with van der Waals surface area (Å²) in [6, 6.07) is -2.24. The van der Waals surface area contributed by atoms with Crippen LogP contribution in [-0.4, -0.2) is 52.1 Å². The number of carbonyl (C=O) groups excluding carboxylic acids is 1. The van der Waals surface area contributed by atoms with E-state index in [4.69, 9.17) is 15.9 Å². The Morgan fingerprint density at radius 3 is 2.13 bits per heavy atom. The first kappa shape index (κ1) is 13.4. The molecular weight excluding hydrogens is 204 g/mol. The Bertz CT molecular complexity index is 278. The van der Waals surface area contributed by atoms with Crippen LogP contribution in [0.5, 0.6) is 0 Å². The quantitative estimate of drug-likeness (QED) is 0.528. The Labute approximate surface area is 86.5 Å². The maximum atomic E-state index is 11.4. The minimum Gasteiger partial charge on any atom is -0.481 e. The molecule has 0 aromatic carbocycles. The average Bonchev–Trinajstić information content (AvgIpc) is 2.13. The molecule has 86 valence electrons. The Kier molecular flexibility index (Phi) is 4.72. The summed E-state index contributed by atoms with van der Waals surface area (Å²) in [6.45, 7) is 1.31. The smallest absolute Gasteiger partial charge is 0.326 e. The van der Waals surface area contributed by atoms with Crippen LogP contribution in [0, 0.1) is 0 Å². The standard InChI is InChI=1S/C8H14N2O5/c1-4(8(14)15)10(2)7(13)5(9)3-6(11)12/h4-5H,3,9H2,1-2H3,(H,11,12)(H,14,15). The molecule has 0 bridgehead atoms. The van der Waals surface area contributed by atoms with E-state index in [2.05, 4.69) is 0 Å². The summed E-state index contributed by atoms with van der Waals surface area (Å²) in [5.41, 5.74) is 5.29. The number of hydrogen-bond donors (Lipinski definition) is 3. The number of amides is 1. The molecule has 0 aromatic heterocycles. The molecule has 2 atom stereocenters. The second-order valence-electron chi connectivity index (χ2n) is 3.17. The zero-order chi connectivity index (χ0) is 12.2. The molecule has 0 radical (unpaired) electrons. The summed E-state index contributed by atoms with van der Waals surface area (Å²) in [7, 11) is 1.27. The zero-order valence-electron chi connectivity index (χ0n) is 8.51. The van der Waals surface area contributed by atoms with E-state index in [0.29, 0.717) is 0 Å². The monoisotopic (exact) mass is 218 g/mol. The lowest BCUT2D eigenvalue weighted by Gasteiger charge is -2.23. The summed E-state index contributed by atoms with van der Waals surface area (Å²) < 4.78 is 0. The van der Waals surface area contributed by atoms with Gasteiger partial charge in [0.05, 0.1) is 12.5 Å². The van der Waals surface area contributed by atoms with Gasteiger partial charge in [-0.1, -0.05) is 0 Å². The van der Waals surface area contributed by atoms with Crippen LogP contribution in [0.1, 0.15) is 13.3 Å². The molecule has 0 aliphatic carbocycles. The number of rotatable bonds is 5. The lowest BCUT2D eigenvalue weighted by atomic mass is 10.1. The first-order valence-corrected chi connectivity index (χ1v) is 4.24. The van der Waals surface area contributed by atoms with Crippen molar-refractivity contribution in [2.75, 3.05) is 7.05 Å². The molecule has 7 nitrogen and oxygen atoms in total. The largest absolute Gasteiger partial charge is 0.481 e. The molecular formula is C8H14N2O5. The fourth-order valence-electron chi connectivity index (χ4n) is 0.894. The minimum atomic E-state index is -1.21. The third-order valence-electron chi connectivity index (χ3n) is 2.00. The highest BCUT2D eigenvalue weighted by atomic mass is 16.4. The number of nitrogens with two attached hydrogens (primary N) is 1. The molecule has 0 saturated carbocycles. The fraction of sp³-hybridized carbons (Fsp3) is 0.625. The highest BCUT2D eigenvalue weighted by Crippen LogP contribution is 2.01. The number of nitrogens with zero attached hydrogens (tertiary/aromatic N) is 1. The van der Waals surface area contributed by atoms with Crippen LogP contribution >= 0.6 is 0 Å². The third-order valence-corrected chi connectivity index (χ3v) is 2.00. The Hall–Kier alpha value is -1.63. The van der Waals surface area contributed by atoms with Crippen LogP contribution in [0.15, 0.2) is 0 Å². The van der Waals surface area contributed by atoms with E-state index < -0.39 is 36.4 Å². The molecule has 0 aromatic rings. The van der Waals surface area contributed by atoms with Crippen molar-refractivity contribution in [3.8, 4) is 0 Å². The molecule has 0 aliphatic rings. The van der Waals surface area contributed by atoms with Crippen molar-refractivity contribution in [3.05, 3.63) is 0 Å². The molecule has 1 amide bonds. The molecule has 0 heterocycles. The van der Waals surface area contributed by atoms with E-state index >= 15 is 0 Å². The molecule has 7 heteroatoms. The van der Waals surface area contributed by atoms with Crippen LogP contribution in [-0.2, 0) is 14.4 Å². The molecule has 0 rings (SSSR count). The summed E-state index contributed by atoms with van der Waals surface area (Å²) in [5, 5.41) is 17.0. The maximum absolute atomic E-state index is 11.4. The lowest BCUT2D eigenvalue weighted by Crippen LogP contribution is -2.48. The van der Waals surface area contributed by atoms with E-state index in [-0.39, 0.29) is 0 Å². The zero-order valence-corrected chi connectivity index (χ0v) is 8.51. The Balaban J connectivity index is 4.43. The van der Waals surface area contributed by atoms with Crippen LogP contribution in [0.4, 0.5) is 0 Å². The highest BCUT2D eigenvalue weighted by molar-refractivity contribution is 5.89. The van der Waals surface area contributed by atoms with E-state index in [1.54, 1.807) is 0 Å². The molecule has 0 fully saturated rings. The minimum absolute atomic E-state index is 0.518. The molecule has 0 saturated heterocycles. The van der Waals surface area contributed by atoms with Crippen molar-refractivity contribution < 1.29 is 24.6 Å². The van der Waals surface area contributed by atoms with Gasteiger partial charge in [-0.05, 0) is 6.92 Å². The van der Waals surface area contributed by atoms with Crippen LogP contribution in [0.25, 0.3) is 0 Å². The second kappa shape index (κ2) is 5.30. The van der Waals surface area contributed by atoms with Crippen molar-refractivity contribution in [1.29, 1.82) is 0 Å². The fourth-order valence-corrected chi connectivity index (χ4v) is 0.894. The first-order valence-electron chi connectivity index (χ1n) is 4.24. The predicted octanol–water partition coefficient (Wildman–Crippen LogP) is -1.28. The van der Waals surface area contributed by atoms with Gasteiger partial charge >= 0.3 is 11.9 Å². The van der Waals surface area contributed by atoms with E-state index in [1.165, 1.54) is 14.0 Å². The third kappa shape index (κ3) is 3.94. The van der Waals surface area contributed by atoms with Crippen LogP contribution in [0.2, 0.25) is 0 Å². The molecule has 2 unspecified atom stereocenters. The van der Waals surface area contributed by atoms with Gasteiger partial charge in [-0.25, -0.2) is 4.79 Å². The normalized spacial score (nSPS) is 14.1. The molecule has 4 N–H and O–H groups in total. The van der Waals surface area contributed by atoms with E-state index in [9.17, 15) is 14.4 Å². The number of aliphatic carboxylic acids is 2. The summed E-state index contributed by atoms with van der Waals surface area (Å²) in [6.07, 6.45) is -0.518. The average molecular weight is 218 g/mol. The van der Waals surface area contributed by atoms with Gasteiger partial charge in [-0.15, -0.1) is 0 Å². The number of carbonyl (C=O) groups is 3. The van der Waals surface area contributed by atoms with Crippen molar-refractivity contribution in [2.45, 2.75) is 25.4 Å². The maximum Gasteiger partial charge on any atom is 0.326 e. The predicted molar refractivity (Wildman–Crippen MR) is 50.1 cm³/mol. The number of carboxylic acid groups (broad SMARTS) is 2. The van der Waals surface area contributed by atoms with Crippen LogP contribution < -0.4 is 5.73 Å². The highest BCUT2D eigenvalue weighted by Gasteiger charge is 2.27. The summed E-state index contributed by atoms with van der Waals surface area (Å²) in [4.78, 5) is 33.1. The van der Waals surface area contributed by atoms with Gasteiger partial charge in [-0.3, -0.25) is 9.59 Å². The number of carboxylic acids is 2. The van der Waals surface area contributed by atoms with Gasteiger partial charge < -0.3 is 20.8 Å². The van der Waals surface area contributed by atoms with Crippen molar-refractivity contribution in [1.82, 2.24) is 4.90 Å². The second-order valence-corrected chi connectivity index (χ2v) is 3.17. The van der Waals surface area contributed by atoms with Crippen LogP contribution in [0.3, 0.4) is 0 Å². The summed E-state index contributed by atoms with van der Waals surface area (Å²) >= 11 is 0. The number of hydrogen-bond acceptors (Lipinski definition) is 4. The van der Waals surface area contributed by atoms with Crippen molar-refractivity contribution >= 4 is 17.8 Å². The van der Waals surface area contributed by atoms with Gasteiger partial charge in [0.1, 0.15) is 6.04 Å². The summed E-state index contributed by atoms with van der Waals surface area (Å²) in [5.74, 6) is -3.08.